The highest BCUT2D eigenvalue weighted by molar-refractivity contribution is 6.33. The highest BCUT2D eigenvalue weighted by Crippen LogP contribution is 2.49. The molecule has 0 bridgehead atoms. The minimum Gasteiger partial charge on any atom is -0.506 e. The van der Waals surface area contributed by atoms with Gasteiger partial charge in [0.05, 0.1) is 21.4 Å². The minimum atomic E-state index is -1.34. The van der Waals surface area contributed by atoms with E-state index < -0.39 is 55.5 Å². The van der Waals surface area contributed by atoms with Crippen LogP contribution in [0.1, 0.15) is 0 Å². The molecule has 0 atom stereocenters. The maximum absolute atomic E-state index is 12.7. The fourth-order valence-electron chi connectivity index (χ4n) is 6.35. The first-order valence-electron chi connectivity index (χ1n) is 17.1. The Labute approximate surface area is 337 Å². The van der Waals surface area contributed by atoms with Gasteiger partial charge < -0.3 is 49.2 Å². The van der Waals surface area contributed by atoms with Gasteiger partial charge in [0.2, 0.25) is 5.43 Å². The number of pyridine rings is 1. The van der Waals surface area contributed by atoms with Crippen molar-refractivity contribution in [3.05, 3.63) is 105 Å². The SMILES string of the molecule is O=C(O)CN(CC(=O)O)c1ccccc1OCCOc1cc(-c2c3cc(Cl)c(=O)cc-3oc3cc(O)c(Cl)cc23)c(-c2ccncc2)cc1N(CC(=O)O)CC(=O)O. The molecule has 1 aliphatic heterocycles. The molecule has 0 saturated carbocycles. The zero-order valence-electron chi connectivity index (χ0n) is 29.9. The maximum atomic E-state index is 12.7. The average molecular weight is 833 g/mol. The van der Waals surface area contributed by atoms with Gasteiger partial charge in [0.25, 0.3) is 0 Å². The second-order valence-corrected chi connectivity index (χ2v) is 13.4. The molecular weight excluding hydrogens is 801 g/mol. The van der Waals surface area contributed by atoms with Crippen molar-refractivity contribution in [2.24, 2.45) is 0 Å². The van der Waals surface area contributed by atoms with Gasteiger partial charge in [-0.2, -0.15) is 0 Å². The van der Waals surface area contributed by atoms with Gasteiger partial charge >= 0.3 is 23.9 Å². The summed E-state index contributed by atoms with van der Waals surface area (Å²) in [6, 6.07) is 18.0. The van der Waals surface area contributed by atoms with E-state index in [1.807, 2.05) is 0 Å². The number of halogens is 2. The van der Waals surface area contributed by atoms with E-state index in [0.29, 0.717) is 33.2 Å². The van der Waals surface area contributed by atoms with Gasteiger partial charge in [0.15, 0.2) is 0 Å². The molecule has 16 nitrogen and oxygen atoms in total. The van der Waals surface area contributed by atoms with Crippen molar-refractivity contribution in [1.29, 1.82) is 0 Å². The molecule has 0 amide bonds. The summed E-state index contributed by atoms with van der Waals surface area (Å²) in [6.45, 7) is -3.24. The number of carbonyl (C=O) groups is 4. The van der Waals surface area contributed by atoms with Crippen molar-refractivity contribution in [2.75, 3.05) is 49.2 Å². The van der Waals surface area contributed by atoms with Crippen LogP contribution >= 0.6 is 23.2 Å². The Morgan fingerprint density at radius 3 is 1.86 bits per heavy atom. The summed E-state index contributed by atoms with van der Waals surface area (Å²) in [5.41, 5.74) is 1.93. The number of aliphatic carboxylic acids is 4. The number of phenols is 1. The average Bonchev–Trinajstić information content (AvgIpc) is 3.16. The lowest BCUT2D eigenvalue weighted by molar-refractivity contribution is -0.138. The number of carboxylic acids is 4. The van der Waals surface area contributed by atoms with Crippen molar-refractivity contribution in [3.63, 3.8) is 0 Å². The summed E-state index contributed by atoms with van der Waals surface area (Å²) in [5, 5.41) is 49.3. The second kappa shape index (κ2) is 17.4. The van der Waals surface area contributed by atoms with E-state index in [-0.39, 0.29) is 63.2 Å². The smallest absolute Gasteiger partial charge is 0.323 e. The Balaban J connectivity index is 1.54. The summed E-state index contributed by atoms with van der Waals surface area (Å²) in [7, 11) is 0. The third-order valence-electron chi connectivity index (χ3n) is 8.65. The highest BCUT2D eigenvalue weighted by atomic mass is 35.5. The van der Waals surface area contributed by atoms with Crippen LogP contribution in [-0.4, -0.2) is 93.8 Å². The lowest BCUT2D eigenvalue weighted by Gasteiger charge is -2.27. The summed E-state index contributed by atoms with van der Waals surface area (Å²) in [6.07, 6.45) is 3.04. The molecule has 0 saturated heterocycles. The summed E-state index contributed by atoms with van der Waals surface area (Å²) < 4.78 is 18.3. The maximum Gasteiger partial charge on any atom is 0.323 e. The molecule has 2 heterocycles. The van der Waals surface area contributed by atoms with E-state index >= 15 is 0 Å². The molecule has 3 aromatic carbocycles. The molecule has 1 aromatic heterocycles. The number of fused-ring (bicyclic) bond motifs is 2. The van der Waals surface area contributed by atoms with Crippen LogP contribution in [-0.2, 0) is 19.2 Å². The van der Waals surface area contributed by atoms with Crippen molar-refractivity contribution < 1.29 is 58.6 Å². The number of hydrogen-bond donors (Lipinski definition) is 5. The molecule has 0 radical (unpaired) electrons. The van der Waals surface area contributed by atoms with Gasteiger partial charge in [-0.1, -0.05) is 35.3 Å². The van der Waals surface area contributed by atoms with E-state index in [1.54, 1.807) is 36.4 Å². The first-order valence-corrected chi connectivity index (χ1v) is 17.8. The first kappa shape index (κ1) is 40.6. The Morgan fingerprint density at radius 1 is 0.655 bits per heavy atom. The lowest BCUT2D eigenvalue weighted by Crippen LogP contribution is -2.35. The first-order chi connectivity index (χ1) is 27.7. The van der Waals surface area contributed by atoms with E-state index in [4.69, 9.17) is 37.1 Å². The van der Waals surface area contributed by atoms with E-state index in [2.05, 4.69) is 4.98 Å². The third-order valence-corrected chi connectivity index (χ3v) is 9.25. The molecule has 18 heteroatoms. The summed E-state index contributed by atoms with van der Waals surface area (Å²) in [4.78, 5) is 66.3. The van der Waals surface area contributed by atoms with E-state index in [0.717, 1.165) is 9.80 Å². The van der Waals surface area contributed by atoms with Crippen LogP contribution in [0.15, 0.2) is 94.4 Å². The molecular formula is C40H31Cl2N3O13. The lowest BCUT2D eigenvalue weighted by atomic mass is 9.88. The summed E-state index contributed by atoms with van der Waals surface area (Å²) in [5.74, 6) is -5.30. The van der Waals surface area contributed by atoms with Gasteiger partial charge in [-0.25, -0.2) is 0 Å². The molecule has 58 heavy (non-hydrogen) atoms. The Bertz CT molecular complexity index is 2550. The largest absolute Gasteiger partial charge is 0.506 e. The van der Waals surface area contributed by atoms with E-state index in [9.17, 15) is 49.5 Å². The fourth-order valence-corrected chi connectivity index (χ4v) is 6.68. The molecule has 1 aliphatic carbocycles. The molecule has 2 aliphatic rings. The van der Waals surface area contributed by atoms with Crippen LogP contribution in [0.25, 0.3) is 44.5 Å². The number of para-hydroxylation sites is 2. The van der Waals surface area contributed by atoms with Gasteiger partial charge in [0, 0.05) is 41.0 Å². The van der Waals surface area contributed by atoms with Crippen LogP contribution in [0.4, 0.5) is 11.4 Å². The number of anilines is 2. The van der Waals surface area contributed by atoms with Gasteiger partial charge in [-0.05, 0) is 65.2 Å². The van der Waals surface area contributed by atoms with Crippen molar-refractivity contribution in [3.8, 4) is 50.8 Å². The predicted octanol–water partition coefficient (Wildman–Crippen LogP) is 6.05. The second-order valence-electron chi connectivity index (χ2n) is 12.6. The van der Waals surface area contributed by atoms with E-state index in [1.165, 1.54) is 48.8 Å². The number of carboxylic acid groups (broad SMARTS) is 4. The quantitative estimate of drug-likeness (QED) is 0.0519. The van der Waals surface area contributed by atoms with Gasteiger partial charge in [-0.15, -0.1) is 0 Å². The molecule has 0 fully saturated rings. The predicted molar refractivity (Wildman–Crippen MR) is 212 cm³/mol. The Kier molecular flexibility index (Phi) is 12.2. The molecule has 5 N–H and O–H groups in total. The topological polar surface area (TPSA) is 237 Å². The van der Waals surface area contributed by atoms with Crippen LogP contribution in [0.5, 0.6) is 17.2 Å². The van der Waals surface area contributed by atoms with Crippen LogP contribution < -0.4 is 24.7 Å². The highest BCUT2D eigenvalue weighted by Gasteiger charge is 2.27. The van der Waals surface area contributed by atoms with Gasteiger partial charge in [0.1, 0.15) is 68.0 Å². The van der Waals surface area contributed by atoms with Crippen molar-refractivity contribution in [2.45, 2.75) is 0 Å². The Morgan fingerprint density at radius 2 is 1.24 bits per heavy atom. The molecule has 4 aromatic rings. The van der Waals surface area contributed by atoms with Gasteiger partial charge in [-0.3, -0.25) is 29.0 Å². The minimum absolute atomic E-state index is 0.0101. The van der Waals surface area contributed by atoms with Crippen LogP contribution in [0, 0.1) is 0 Å². The normalized spacial score (nSPS) is 11.0. The van der Waals surface area contributed by atoms with Crippen LogP contribution in [0.2, 0.25) is 10.0 Å². The number of aromatic hydroxyl groups is 1. The monoisotopic (exact) mass is 831 g/mol. The number of nitrogens with zero attached hydrogens (tertiary/aromatic N) is 3. The number of aromatic nitrogens is 1. The van der Waals surface area contributed by atoms with Crippen LogP contribution in [0.3, 0.4) is 0 Å². The molecule has 0 spiro atoms. The number of hydrogen-bond acceptors (Lipinski definition) is 12. The molecule has 298 valence electrons. The third kappa shape index (κ3) is 9.15. The number of phenolic OH excluding ortho intramolecular Hbond substituents is 1. The van der Waals surface area contributed by atoms with Crippen molar-refractivity contribution >= 4 is 69.4 Å². The number of ether oxygens (including phenoxy) is 2. The fraction of sp³-hybridized carbons (Fsp3) is 0.150. The number of benzene rings is 4. The molecule has 0 unspecified atom stereocenters. The summed E-state index contributed by atoms with van der Waals surface area (Å²) >= 11 is 12.8. The number of rotatable bonds is 17. The zero-order chi connectivity index (χ0) is 41.7. The van der Waals surface area contributed by atoms with Crippen molar-refractivity contribution in [1.82, 2.24) is 4.98 Å². The standard InChI is InChI=1S/C40H31Cl2N3O13/c41-26-11-24-33(15-30(26)46)58-34-16-31(47)27(42)12-25(34)40(24)23-14-35(29(45(19-38(52)53)20-39(54)55)13-22(23)21-5-7-43-8-6-21)57-10-9-56-32-4-2-1-3-28(32)44(17-36(48)49)18-37(50)51/h1-8,11-16,46H,9-10,17-20H2,(H,48,49)(H,50,51)(H,52,53)(H,54,55). The Hall–Kier alpha value is -7.04. The molecule has 6 rings (SSSR count). The zero-order valence-corrected chi connectivity index (χ0v) is 31.4.